The number of hydrogen-bond acceptors (Lipinski definition) is 7. The van der Waals surface area contributed by atoms with Crippen LogP contribution in [0.5, 0.6) is 5.75 Å². The van der Waals surface area contributed by atoms with Crippen molar-refractivity contribution in [1.82, 2.24) is 25.2 Å². The molecular formula is C24H31ClN6O2. The molecule has 0 bridgehead atoms. The van der Waals surface area contributed by atoms with Crippen LogP contribution >= 0.6 is 11.6 Å². The van der Waals surface area contributed by atoms with E-state index in [9.17, 15) is 0 Å². The van der Waals surface area contributed by atoms with Crippen LogP contribution < -0.4 is 15.4 Å². The van der Waals surface area contributed by atoms with Gasteiger partial charge in [0.05, 0.1) is 23.9 Å². The number of rotatable bonds is 8. The predicted octanol–water partition coefficient (Wildman–Crippen LogP) is 3.46. The van der Waals surface area contributed by atoms with Crippen molar-refractivity contribution in [3.63, 3.8) is 0 Å². The Labute approximate surface area is 199 Å². The molecular weight excluding hydrogens is 440 g/mol. The number of ether oxygens (including phenoxy) is 2. The van der Waals surface area contributed by atoms with Gasteiger partial charge in [-0.3, -0.25) is 4.90 Å². The maximum Gasteiger partial charge on any atom is 0.157 e. The van der Waals surface area contributed by atoms with Crippen molar-refractivity contribution in [3.05, 3.63) is 35.0 Å². The van der Waals surface area contributed by atoms with Crippen LogP contribution in [0.15, 0.2) is 24.4 Å². The van der Waals surface area contributed by atoms with E-state index in [4.69, 9.17) is 26.1 Å². The topological polar surface area (TPSA) is 87.3 Å². The average Bonchev–Trinajstić information content (AvgIpc) is 3.52. The zero-order chi connectivity index (χ0) is 22.6. The second-order valence-corrected chi connectivity index (χ2v) is 9.11. The molecule has 8 nitrogen and oxygen atoms in total. The third-order valence-electron chi connectivity index (χ3n) is 6.43. The summed E-state index contributed by atoms with van der Waals surface area (Å²) in [4.78, 5) is 14.9. The zero-order valence-electron chi connectivity index (χ0n) is 19.0. The summed E-state index contributed by atoms with van der Waals surface area (Å²) in [5.41, 5.74) is 4.42. The van der Waals surface area contributed by atoms with E-state index >= 15 is 0 Å². The maximum atomic E-state index is 6.24. The van der Waals surface area contributed by atoms with Gasteiger partial charge in [0.25, 0.3) is 0 Å². The Morgan fingerprint density at radius 1 is 1.30 bits per heavy atom. The minimum absolute atomic E-state index is 0.482. The maximum absolute atomic E-state index is 6.24. The SMILES string of the molecule is Cc1c(Cl)cnc2[nH]c(-c3ccc(OCCN4CCOCC4)c(NC[C@H]4CCCN4)c3)nc12. The molecule has 0 saturated carbocycles. The molecule has 2 saturated heterocycles. The van der Waals surface area contributed by atoms with Crippen molar-refractivity contribution in [2.24, 2.45) is 0 Å². The van der Waals surface area contributed by atoms with Crippen LogP contribution in [0.1, 0.15) is 18.4 Å². The molecule has 33 heavy (non-hydrogen) atoms. The molecule has 176 valence electrons. The lowest BCUT2D eigenvalue weighted by atomic mass is 10.1. The summed E-state index contributed by atoms with van der Waals surface area (Å²) in [5.74, 6) is 1.63. The highest BCUT2D eigenvalue weighted by Crippen LogP contribution is 2.32. The molecule has 3 aromatic rings. The molecule has 1 aromatic carbocycles. The van der Waals surface area contributed by atoms with Gasteiger partial charge in [0.2, 0.25) is 0 Å². The van der Waals surface area contributed by atoms with Crippen molar-refractivity contribution in [2.75, 3.05) is 57.9 Å². The quantitative estimate of drug-likeness (QED) is 0.464. The fraction of sp³-hybridized carbons (Fsp3) is 0.500. The molecule has 5 rings (SSSR count). The van der Waals surface area contributed by atoms with Gasteiger partial charge in [-0.05, 0) is 50.1 Å². The lowest BCUT2D eigenvalue weighted by Crippen LogP contribution is -2.38. The van der Waals surface area contributed by atoms with Crippen molar-refractivity contribution in [3.8, 4) is 17.1 Å². The van der Waals surface area contributed by atoms with E-state index in [-0.39, 0.29) is 0 Å². The zero-order valence-corrected chi connectivity index (χ0v) is 19.7. The van der Waals surface area contributed by atoms with E-state index in [2.05, 4.69) is 31.6 Å². The molecule has 0 aliphatic carbocycles. The summed E-state index contributed by atoms with van der Waals surface area (Å²) in [6.45, 7) is 8.97. The van der Waals surface area contributed by atoms with Crippen molar-refractivity contribution in [1.29, 1.82) is 0 Å². The number of nitrogens with zero attached hydrogens (tertiary/aromatic N) is 3. The molecule has 0 radical (unpaired) electrons. The molecule has 0 unspecified atom stereocenters. The number of hydrogen-bond donors (Lipinski definition) is 3. The Morgan fingerprint density at radius 2 is 2.18 bits per heavy atom. The van der Waals surface area contributed by atoms with E-state index < -0.39 is 0 Å². The number of fused-ring (bicyclic) bond motifs is 1. The minimum atomic E-state index is 0.482. The average molecular weight is 471 g/mol. The van der Waals surface area contributed by atoms with Gasteiger partial charge in [-0.2, -0.15) is 0 Å². The van der Waals surface area contributed by atoms with Gasteiger partial charge >= 0.3 is 0 Å². The first kappa shape index (κ1) is 22.4. The number of benzene rings is 1. The van der Waals surface area contributed by atoms with Crippen LogP contribution in [0.3, 0.4) is 0 Å². The fourth-order valence-corrected chi connectivity index (χ4v) is 4.54. The van der Waals surface area contributed by atoms with Crippen LogP contribution in [0.25, 0.3) is 22.6 Å². The third-order valence-corrected chi connectivity index (χ3v) is 6.81. The molecule has 9 heteroatoms. The molecule has 4 heterocycles. The van der Waals surface area contributed by atoms with Crippen LogP contribution in [0, 0.1) is 6.92 Å². The summed E-state index contributed by atoms with van der Waals surface area (Å²) >= 11 is 6.24. The predicted molar refractivity (Wildman–Crippen MR) is 131 cm³/mol. The van der Waals surface area contributed by atoms with Gasteiger partial charge in [0, 0.05) is 44.0 Å². The Bertz CT molecular complexity index is 1090. The molecule has 0 spiro atoms. The van der Waals surface area contributed by atoms with Crippen LogP contribution in [0.2, 0.25) is 5.02 Å². The van der Waals surface area contributed by atoms with Gasteiger partial charge < -0.3 is 25.1 Å². The van der Waals surface area contributed by atoms with Crippen LogP contribution in [-0.2, 0) is 4.74 Å². The highest BCUT2D eigenvalue weighted by molar-refractivity contribution is 6.31. The summed E-state index contributed by atoms with van der Waals surface area (Å²) in [6.07, 6.45) is 4.08. The molecule has 2 aromatic heterocycles. The standard InChI is InChI=1S/C24H31ClN6O2/c1-16-19(25)15-28-24-22(16)29-23(30-24)17-4-5-21(33-12-9-31-7-10-32-11-8-31)20(13-17)27-14-18-3-2-6-26-18/h4-5,13,15,18,26-27H,2-3,6-12,14H2,1H3,(H,28,29,30)/t18-/m1/s1. The van der Waals surface area contributed by atoms with Crippen molar-refractivity contribution in [2.45, 2.75) is 25.8 Å². The first-order valence-electron chi connectivity index (χ1n) is 11.7. The molecule has 0 amide bonds. The second-order valence-electron chi connectivity index (χ2n) is 8.70. The fourth-order valence-electron chi connectivity index (χ4n) is 4.40. The third kappa shape index (κ3) is 5.24. The van der Waals surface area contributed by atoms with Gasteiger partial charge in [0.1, 0.15) is 23.7 Å². The van der Waals surface area contributed by atoms with E-state index in [0.717, 1.165) is 85.5 Å². The number of aryl methyl sites for hydroxylation is 1. The first-order chi connectivity index (χ1) is 16.2. The van der Waals surface area contributed by atoms with Crippen LogP contribution in [-0.4, -0.2) is 78.4 Å². The Balaban J connectivity index is 1.35. The summed E-state index contributed by atoms with van der Waals surface area (Å²) in [5, 5.41) is 7.78. The monoisotopic (exact) mass is 470 g/mol. The van der Waals surface area contributed by atoms with E-state index in [1.807, 2.05) is 19.1 Å². The Morgan fingerprint density at radius 3 is 3.00 bits per heavy atom. The van der Waals surface area contributed by atoms with Gasteiger partial charge in [-0.1, -0.05) is 11.6 Å². The van der Waals surface area contributed by atoms with E-state index in [0.29, 0.717) is 17.7 Å². The molecule has 2 aliphatic heterocycles. The van der Waals surface area contributed by atoms with Crippen LogP contribution in [0.4, 0.5) is 5.69 Å². The van der Waals surface area contributed by atoms with E-state index in [1.54, 1.807) is 6.20 Å². The number of imidazole rings is 1. The normalized spacial score (nSPS) is 19.3. The lowest BCUT2D eigenvalue weighted by Gasteiger charge is -2.26. The van der Waals surface area contributed by atoms with Gasteiger partial charge in [0.15, 0.2) is 5.65 Å². The largest absolute Gasteiger partial charge is 0.490 e. The Hall–Kier alpha value is -2.39. The van der Waals surface area contributed by atoms with Crippen molar-refractivity contribution < 1.29 is 9.47 Å². The summed E-state index contributed by atoms with van der Waals surface area (Å²) in [6, 6.07) is 6.65. The number of aromatic nitrogens is 3. The van der Waals surface area contributed by atoms with Gasteiger partial charge in [-0.15, -0.1) is 0 Å². The number of pyridine rings is 1. The molecule has 1 atom stereocenters. The number of nitrogens with one attached hydrogen (secondary N) is 3. The van der Waals surface area contributed by atoms with Gasteiger partial charge in [-0.25, -0.2) is 9.97 Å². The summed E-state index contributed by atoms with van der Waals surface area (Å²) in [7, 11) is 0. The molecule has 3 N–H and O–H groups in total. The van der Waals surface area contributed by atoms with Crippen molar-refractivity contribution >= 4 is 28.5 Å². The Kier molecular flexibility index (Phi) is 6.96. The van der Waals surface area contributed by atoms with E-state index in [1.165, 1.54) is 12.8 Å². The highest BCUT2D eigenvalue weighted by atomic mass is 35.5. The number of morpholine rings is 1. The molecule has 2 aliphatic rings. The molecule has 2 fully saturated rings. The second kappa shape index (κ2) is 10.3. The summed E-state index contributed by atoms with van der Waals surface area (Å²) < 4.78 is 11.6. The highest BCUT2D eigenvalue weighted by Gasteiger charge is 2.17. The minimum Gasteiger partial charge on any atom is -0.490 e. The lowest BCUT2D eigenvalue weighted by molar-refractivity contribution is 0.0323. The number of aromatic amines is 1. The first-order valence-corrected chi connectivity index (χ1v) is 12.1. The number of halogens is 1. The smallest absolute Gasteiger partial charge is 0.157 e. The number of H-pyrrole nitrogens is 1. The number of anilines is 1.